The number of rotatable bonds is 5. The molecule has 0 fully saturated rings. The van der Waals surface area contributed by atoms with Gasteiger partial charge in [-0.25, -0.2) is 4.79 Å². The third-order valence-electron chi connectivity index (χ3n) is 1.51. The highest BCUT2D eigenvalue weighted by Gasteiger charge is 2.28. The van der Waals surface area contributed by atoms with Gasteiger partial charge in [-0.2, -0.15) is 8.42 Å². The Bertz CT molecular complexity index is 326. The van der Waals surface area contributed by atoms with Crippen LogP contribution in [0.2, 0.25) is 0 Å². The number of ether oxygens (including phenoxy) is 1. The second-order valence-corrected chi connectivity index (χ2v) is 6.21. The predicted molar refractivity (Wildman–Crippen MR) is 60.5 cm³/mol. The SMILES string of the molecule is CCC[C@@H](OS(C)(=O)=O)C(=O)OC(C)(C)C. The molecule has 0 radical (unpaired) electrons. The van der Waals surface area contributed by atoms with Crippen LogP contribution >= 0.6 is 0 Å². The zero-order valence-corrected chi connectivity index (χ0v) is 11.3. The lowest BCUT2D eigenvalue weighted by Crippen LogP contribution is -2.34. The Morgan fingerprint density at radius 2 is 1.81 bits per heavy atom. The molecule has 96 valence electrons. The van der Waals surface area contributed by atoms with Crippen LogP contribution < -0.4 is 0 Å². The molecule has 16 heavy (non-hydrogen) atoms. The van der Waals surface area contributed by atoms with Gasteiger partial charge in [-0.3, -0.25) is 4.18 Å². The lowest BCUT2D eigenvalue weighted by Gasteiger charge is -2.23. The first-order valence-corrected chi connectivity index (χ1v) is 6.98. The Balaban J connectivity index is 4.60. The van der Waals surface area contributed by atoms with Crippen LogP contribution in [0.1, 0.15) is 40.5 Å². The number of carbonyl (C=O) groups is 1. The van der Waals surface area contributed by atoms with Crippen LogP contribution in [0.15, 0.2) is 0 Å². The van der Waals surface area contributed by atoms with E-state index in [0.717, 1.165) is 6.26 Å². The Labute approximate surface area is 97.2 Å². The summed E-state index contributed by atoms with van der Waals surface area (Å²) >= 11 is 0. The molecule has 0 aromatic carbocycles. The van der Waals surface area contributed by atoms with Crippen molar-refractivity contribution in [3.63, 3.8) is 0 Å². The normalized spacial score (nSPS) is 14.6. The van der Waals surface area contributed by atoms with Gasteiger partial charge in [0.05, 0.1) is 6.26 Å². The van der Waals surface area contributed by atoms with Gasteiger partial charge in [0.15, 0.2) is 6.10 Å². The molecule has 1 atom stereocenters. The maximum atomic E-state index is 11.6. The van der Waals surface area contributed by atoms with Gasteiger partial charge in [0, 0.05) is 0 Å². The average Bonchev–Trinajstić information content (AvgIpc) is 1.97. The Morgan fingerprint density at radius 3 is 2.12 bits per heavy atom. The summed E-state index contributed by atoms with van der Waals surface area (Å²) in [5.41, 5.74) is -0.649. The summed E-state index contributed by atoms with van der Waals surface area (Å²) in [6.07, 6.45) is 0.834. The molecule has 5 nitrogen and oxygen atoms in total. The van der Waals surface area contributed by atoms with Crippen molar-refractivity contribution < 1.29 is 22.1 Å². The highest BCUT2D eigenvalue weighted by molar-refractivity contribution is 7.86. The standard InChI is InChI=1S/C10H20O5S/c1-6-7-8(15-16(5,12)13)9(11)14-10(2,3)4/h8H,6-7H2,1-5H3/t8-/m1/s1. The highest BCUT2D eigenvalue weighted by atomic mass is 32.2. The molecule has 0 saturated carbocycles. The third kappa shape index (κ3) is 7.64. The van der Waals surface area contributed by atoms with Gasteiger partial charge in [-0.15, -0.1) is 0 Å². The van der Waals surface area contributed by atoms with Gasteiger partial charge in [-0.05, 0) is 27.2 Å². The van der Waals surface area contributed by atoms with Crippen LogP contribution in [0.5, 0.6) is 0 Å². The molecular formula is C10H20O5S. The van der Waals surface area contributed by atoms with E-state index in [2.05, 4.69) is 4.18 Å². The van der Waals surface area contributed by atoms with Crippen molar-refractivity contribution in [3.8, 4) is 0 Å². The van der Waals surface area contributed by atoms with Crippen LogP contribution in [-0.4, -0.2) is 32.3 Å². The molecule has 0 aliphatic heterocycles. The van der Waals surface area contributed by atoms with E-state index in [4.69, 9.17) is 4.74 Å². The lowest BCUT2D eigenvalue weighted by molar-refractivity contribution is -0.163. The molecule has 0 spiro atoms. The fraction of sp³-hybridized carbons (Fsp3) is 0.900. The zero-order chi connectivity index (χ0) is 13.0. The molecule has 6 heteroatoms. The molecule has 0 aliphatic rings. The lowest BCUT2D eigenvalue weighted by atomic mass is 10.1. The Kier molecular flexibility index (Phi) is 5.41. The predicted octanol–water partition coefficient (Wildman–Crippen LogP) is 1.47. The van der Waals surface area contributed by atoms with Crippen LogP contribution in [0.4, 0.5) is 0 Å². The van der Waals surface area contributed by atoms with E-state index < -0.39 is 27.8 Å². The van der Waals surface area contributed by atoms with Gasteiger partial charge >= 0.3 is 5.97 Å². The average molecular weight is 252 g/mol. The minimum atomic E-state index is -3.65. The highest BCUT2D eigenvalue weighted by Crippen LogP contribution is 2.14. The van der Waals surface area contributed by atoms with Crippen molar-refractivity contribution in [3.05, 3.63) is 0 Å². The fourth-order valence-electron chi connectivity index (χ4n) is 1.05. The van der Waals surface area contributed by atoms with Crippen LogP contribution in [0.3, 0.4) is 0 Å². The number of hydrogen-bond acceptors (Lipinski definition) is 5. The first kappa shape index (κ1) is 15.4. The third-order valence-corrected chi connectivity index (χ3v) is 2.09. The van der Waals surface area contributed by atoms with E-state index in [0.29, 0.717) is 12.8 Å². The summed E-state index contributed by atoms with van der Waals surface area (Å²) in [6, 6.07) is 0. The molecule has 0 rings (SSSR count). The summed E-state index contributed by atoms with van der Waals surface area (Å²) in [4.78, 5) is 11.6. The van der Waals surface area contributed by atoms with E-state index in [9.17, 15) is 13.2 Å². The van der Waals surface area contributed by atoms with Gasteiger partial charge in [0.1, 0.15) is 5.60 Å². The van der Waals surface area contributed by atoms with Crippen molar-refractivity contribution in [1.82, 2.24) is 0 Å². The van der Waals surface area contributed by atoms with E-state index in [1.54, 1.807) is 20.8 Å². The molecule has 0 aromatic heterocycles. The quantitative estimate of drug-likeness (QED) is 0.547. The molecular weight excluding hydrogens is 232 g/mol. The molecule has 0 aromatic rings. The van der Waals surface area contributed by atoms with E-state index in [1.807, 2.05) is 6.92 Å². The molecule has 0 aliphatic carbocycles. The summed E-state index contributed by atoms with van der Waals surface area (Å²) < 4.78 is 31.7. The number of hydrogen-bond donors (Lipinski definition) is 0. The van der Waals surface area contributed by atoms with Crippen molar-refractivity contribution in [2.75, 3.05) is 6.26 Å². The van der Waals surface area contributed by atoms with Crippen molar-refractivity contribution >= 4 is 16.1 Å². The molecule has 0 unspecified atom stereocenters. The van der Waals surface area contributed by atoms with Crippen molar-refractivity contribution in [2.24, 2.45) is 0 Å². The van der Waals surface area contributed by atoms with E-state index >= 15 is 0 Å². The second-order valence-electron chi connectivity index (χ2n) is 4.61. The maximum absolute atomic E-state index is 11.6. The fourth-order valence-corrected chi connectivity index (χ4v) is 1.64. The number of carbonyl (C=O) groups excluding carboxylic acids is 1. The minimum Gasteiger partial charge on any atom is -0.458 e. The van der Waals surface area contributed by atoms with Gasteiger partial charge < -0.3 is 4.74 Å². The topological polar surface area (TPSA) is 69.7 Å². The molecule has 0 bridgehead atoms. The first-order chi connectivity index (χ1) is 7.05. The largest absolute Gasteiger partial charge is 0.458 e. The zero-order valence-electron chi connectivity index (χ0n) is 10.4. The molecule has 0 amide bonds. The van der Waals surface area contributed by atoms with Crippen molar-refractivity contribution in [1.29, 1.82) is 0 Å². The summed E-state index contributed by atoms with van der Waals surface area (Å²) in [5, 5.41) is 0. The van der Waals surface area contributed by atoms with Crippen molar-refractivity contribution in [2.45, 2.75) is 52.2 Å². The van der Waals surface area contributed by atoms with Gasteiger partial charge in [0.2, 0.25) is 0 Å². The molecule has 0 N–H and O–H groups in total. The van der Waals surface area contributed by atoms with Crippen LogP contribution in [0, 0.1) is 0 Å². The van der Waals surface area contributed by atoms with Crippen LogP contribution in [0.25, 0.3) is 0 Å². The second kappa shape index (κ2) is 5.63. The van der Waals surface area contributed by atoms with Gasteiger partial charge in [-0.1, -0.05) is 13.3 Å². The van der Waals surface area contributed by atoms with E-state index in [-0.39, 0.29) is 0 Å². The Morgan fingerprint density at radius 1 is 1.31 bits per heavy atom. The molecule has 0 saturated heterocycles. The smallest absolute Gasteiger partial charge is 0.337 e. The number of esters is 1. The molecule has 0 heterocycles. The summed E-state index contributed by atoms with van der Waals surface area (Å²) in [6.45, 7) is 6.99. The minimum absolute atomic E-state index is 0.321. The Hall–Kier alpha value is -0.620. The summed E-state index contributed by atoms with van der Waals surface area (Å²) in [7, 11) is -3.65. The summed E-state index contributed by atoms with van der Waals surface area (Å²) in [5.74, 6) is -0.639. The first-order valence-electron chi connectivity index (χ1n) is 5.16. The monoisotopic (exact) mass is 252 g/mol. The van der Waals surface area contributed by atoms with Gasteiger partial charge in [0.25, 0.3) is 10.1 Å². The van der Waals surface area contributed by atoms with Crippen LogP contribution in [-0.2, 0) is 23.8 Å². The van der Waals surface area contributed by atoms with E-state index in [1.165, 1.54) is 0 Å². The maximum Gasteiger partial charge on any atom is 0.337 e.